The lowest BCUT2D eigenvalue weighted by atomic mass is 9.55. The minimum absolute atomic E-state index is 0.0213. The van der Waals surface area contributed by atoms with Crippen LogP contribution in [0.25, 0.3) is 66.8 Å². The summed E-state index contributed by atoms with van der Waals surface area (Å²) >= 11 is 0. The van der Waals surface area contributed by atoms with Gasteiger partial charge in [-0.25, -0.2) is 15.0 Å². The molecular weight excluding hydrogens is 534 g/mol. The third-order valence-corrected chi connectivity index (χ3v) is 10.1. The zero-order chi connectivity index (χ0) is 30.1. The number of hydrogen-bond donors (Lipinski definition) is 0. The van der Waals surface area contributed by atoms with Gasteiger partial charge in [0.1, 0.15) is 0 Å². The van der Waals surface area contributed by atoms with Crippen molar-refractivity contribution in [1.82, 2.24) is 15.0 Å². The Hall–Kier alpha value is -5.15. The molecule has 1 aliphatic carbocycles. The van der Waals surface area contributed by atoms with E-state index in [-0.39, 0.29) is 10.8 Å². The zero-order valence-corrected chi connectivity index (χ0v) is 25.5. The molecule has 0 saturated heterocycles. The van der Waals surface area contributed by atoms with Gasteiger partial charge in [-0.1, -0.05) is 137 Å². The summed E-state index contributed by atoms with van der Waals surface area (Å²) in [4.78, 5) is 14.9. The smallest absolute Gasteiger partial charge is 0.164 e. The van der Waals surface area contributed by atoms with E-state index in [4.69, 9.17) is 15.0 Å². The number of rotatable bonds is 3. The molecule has 0 N–H and O–H groups in total. The van der Waals surface area contributed by atoms with E-state index in [2.05, 4.69) is 94.4 Å². The van der Waals surface area contributed by atoms with E-state index in [9.17, 15) is 0 Å². The molecule has 0 radical (unpaired) electrons. The van der Waals surface area contributed by atoms with Crippen LogP contribution in [0.3, 0.4) is 0 Å². The molecule has 8 rings (SSSR count). The maximum atomic E-state index is 5.00. The molecule has 0 bridgehead atoms. The van der Waals surface area contributed by atoms with Crippen LogP contribution in [0.1, 0.15) is 38.8 Å². The summed E-state index contributed by atoms with van der Waals surface area (Å²) < 4.78 is 0. The van der Waals surface area contributed by atoms with Crippen LogP contribution in [-0.4, -0.2) is 15.0 Å². The Morgan fingerprint density at radius 3 is 1.55 bits per heavy atom. The largest absolute Gasteiger partial charge is 0.208 e. The normalized spacial score (nSPS) is 14.7. The minimum atomic E-state index is -0.0615. The molecule has 7 aromatic rings. The molecule has 3 nitrogen and oxygen atoms in total. The monoisotopic (exact) mass is 567 g/mol. The van der Waals surface area contributed by atoms with E-state index in [1.807, 2.05) is 60.7 Å². The van der Waals surface area contributed by atoms with Crippen molar-refractivity contribution in [2.24, 2.45) is 0 Å². The van der Waals surface area contributed by atoms with Gasteiger partial charge in [0.05, 0.1) is 0 Å². The van der Waals surface area contributed by atoms with Crippen molar-refractivity contribution in [2.45, 2.75) is 38.5 Å². The van der Waals surface area contributed by atoms with Crippen molar-refractivity contribution in [3.8, 4) is 45.3 Å². The van der Waals surface area contributed by atoms with Gasteiger partial charge < -0.3 is 0 Å². The summed E-state index contributed by atoms with van der Waals surface area (Å²) in [5.41, 5.74) is 8.32. The molecular formula is C41H33N3. The van der Waals surface area contributed by atoms with Gasteiger partial charge in [-0.05, 0) is 72.8 Å². The molecule has 6 aromatic carbocycles. The van der Waals surface area contributed by atoms with Crippen LogP contribution in [0.5, 0.6) is 0 Å². The average Bonchev–Trinajstić information content (AvgIpc) is 3.07. The molecule has 0 aliphatic heterocycles. The molecule has 0 fully saturated rings. The number of aromatic nitrogens is 3. The van der Waals surface area contributed by atoms with Crippen LogP contribution in [0, 0.1) is 0 Å². The minimum Gasteiger partial charge on any atom is -0.208 e. The average molecular weight is 568 g/mol. The van der Waals surface area contributed by atoms with Crippen LogP contribution in [0.2, 0.25) is 0 Å². The molecule has 1 aromatic heterocycles. The summed E-state index contributed by atoms with van der Waals surface area (Å²) in [7, 11) is 0. The van der Waals surface area contributed by atoms with Crippen molar-refractivity contribution in [2.75, 3.05) is 0 Å². The Labute approximate surface area is 258 Å². The van der Waals surface area contributed by atoms with E-state index in [1.54, 1.807) is 0 Å². The molecule has 1 aliphatic rings. The van der Waals surface area contributed by atoms with Crippen LogP contribution in [0.4, 0.5) is 0 Å². The molecule has 0 saturated carbocycles. The maximum Gasteiger partial charge on any atom is 0.164 e. The Morgan fingerprint density at radius 1 is 0.386 bits per heavy atom. The van der Waals surface area contributed by atoms with Crippen molar-refractivity contribution in [3.63, 3.8) is 0 Å². The Morgan fingerprint density at radius 2 is 0.886 bits per heavy atom. The van der Waals surface area contributed by atoms with E-state index in [0.29, 0.717) is 17.5 Å². The Kier molecular flexibility index (Phi) is 5.83. The number of fused-ring (bicyclic) bond motifs is 6. The second-order valence-corrected chi connectivity index (χ2v) is 13.0. The van der Waals surface area contributed by atoms with Crippen molar-refractivity contribution >= 4 is 21.5 Å². The standard InChI is InChI=1S/C41H33N3/c1-40(2)35-18-12-11-17-31(35)34-23-29-21-19-26-20-22-30(24-32(26)33(29)25-36(34)41(40,3)4)39-43-37(27-13-7-5-8-14-27)42-38(44-39)28-15-9-6-10-16-28/h5-25H,1-4H3. The summed E-state index contributed by atoms with van der Waals surface area (Å²) in [5, 5.41) is 4.91. The fourth-order valence-electron chi connectivity index (χ4n) is 6.86. The number of benzene rings is 6. The molecule has 3 heteroatoms. The fraction of sp³-hybridized carbons (Fsp3) is 0.146. The van der Waals surface area contributed by atoms with E-state index in [0.717, 1.165) is 16.7 Å². The number of nitrogens with zero attached hydrogens (tertiary/aromatic N) is 3. The molecule has 1 heterocycles. The van der Waals surface area contributed by atoms with Gasteiger partial charge in [0.25, 0.3) is 0 Å². The second kappa shape index (κ2) is 9.68. The highest BCUT2D eigenvalue weighted by atomic mass is 15.0. The molecule has 44 heavy (non-hydrogen) atoms. The first-order chi connectivity index (χ1) is 21.3. The quantitative estimate of drug-likeness (QED) is 0.199. The van der Waals surface area contributed by atoms with E-state index < -0.39 is 0 Å². The van der Waals surface area contributed by atoms with E-state index in [1.165, 1.54) is 43.8 Å². The van der Waals surface area contributed by atoms with Crippen LogP contribution >= 0.6 is 0 Å². The van der Waals surface area contributed by atoms with Gasteiger partial charge in [0.15, 0.2) is 17.5 Å². The summed E-state index contributed by atoms with van der Waals surface area (Å²) in [5.74, 6) is 2.01. The first-order valence-corrected chi connectivity index (χ1v) is 15.3. The Bertz CT molecular complexity index is 2160. The van der Waals surface area contributed by atoms with Crippen LogP contribution < -0.4 is 0 Å². The lowest BCUT2D eigenvalue weighted by Crippen LogP contribution is -2.43. The van der Waals surface area contributed by atoms with Crippen LogP contribution in [-0.2, 0) is 10.8 Å². The molecule has 212 valence electrons. The lowest BCUT2D eigenvalue weighted by Gasteiger charge is -2.48. The summed E-state index contributed by atoms with van der Waals surface area (Å²) in [6.45, 7) is 9.56. The van der Waals surface area contributed by atoms with Gasteiger partial charge in [0.2, 0.25) is 0 Å². The first-order valence-electron chi connectivity index (χ1n) is 15.3. The first kappa shape index (κ1) is 26.5. The predicted molar refractivity (Wildman–Crippen MR) is 183 cm³/mol. The molecule has 0 atom stereocenters. The molecule has 0 unspecified atom stereocenters. The molecule has 0 spiro atoms. The van der Waals surface area contributed by atoms with Crippen molar-refractivity contribution < 1.29 is 0 Å². The fourth-order valence-corrected chi connectivity index (χ4v) is 6.86. The zero-order valence-electron chi connectivity index (χ0n) is 25.5. The van der Waals surface area contributed by atoms with Gasteiger partial charge in [-0.15, -0.1) is 0 Å². The third-order valence-electron chi connectivity index (χ3n) is 10.1. The second-order valence-electron chi connectivity index (χ2n) is 13.0. The Balaban J connectivity index is 1.36. The summed E-state index contributed by atoms with van der Waals surface area (Å²) in [6, 6.07) is 45.1. The van der Waals surface area contributed by atoms with Gasteiger partial charge in [-0.2, -0.15) is 0 Å². The SMILES string of the molecule is CC1(C)c2ccccc2-c2cc3ccc4ccc(-c5nc(-c6ccccc6)nc(-c6ccccc6)n5)cc4c3cc2C1(C)C. The summed E-state index contributed by atoms with van der Waals surface area (Å²) in [6.07, 6.45) is 0. The van der Waals surface area contributed by atoms with Crippen molar-refractivity contribution in [1.29, 1.82) is 0 Å². The topological polar surface area (TPSA) is 38.7 Å². The highest BCUT2D eigenvalue weighted by Gasteiger charge is 2.45. The highest BCUT2D eigenvalue weighted by Crippen LogP contribution is 2.54. The van der Waals surface area contributed by atoms with Gasteiger partial charge >= 0.3 is 0 Å². The van der Waals surface area contributed by atoms with Gasteiger partial charge in [-0.3, -0.25) is 0 Å². The highest BCUT2D eigenvalue weighted by molar-refractivity contribution is 6.10. The third kappa shape index (κ3) is 4.00. The van der Waals surface area contributed by atoms with Crippen molar-refractivity contribution in [3.05, 3.63) is 139 Å². The van der Waals surface area contributed by atoms with Gasteiger partial charge in [0, 0.05) is 16.7 Å². The van der Waals surface area contributed by atoms with E-state index >= 15 is 0 Å². The maximum absolute atomic E-state index is 5.00. The van der Waals surface area contributed by atoms with Crippen LogP contribution in [0.15, 0.2) is 127 Å². The predicted octanol–water partition coefficient (Wildman–Crippen LogP) is 10.4. The lowest BCUT2D eigenvalue weighted by molar-refractivity contribution is 0.299. The number of hydrogen-bond acceptors (Lipinski definition) is 3. The molecule has 0 amide bonds.